The number of aromatic nitrogens is 2. The van der Waals surface area contributed by atoms with Crippen molar-refractivity contribution in [3.8, 4) is 23.0 Å². The van der Waals surface area contributed by atoms with E-state index >= 15 is 0 Å². The molecule has 1 fully saturated rings. The summed E-state index contributed by atoms with van der Waals surface area (Å²) in [5.74, 6) is 0.0665. The molecule has 0 N–H and O–H groups in total. The van der Waals surface area contributed by atoms with E-state index in [9.17, 15) is 14.0 Å². The Kier molecular flexibility index (Phi) is 4.93. The van der Waals surface area contributed by atoms with Crippen LogP contribution in [0.5, 0.6) is 11.5 Å². The molecular formula is C22H20FN3O5. The summed E-state index contributed by atoms with van der Waals surface area (Å²) in [6, 6.07) is 11.0. The molecule has 1 atom stereocenters. The van der Waals surface area contributed by atoms with E-state index in [1.165, 1.54) is 24.3 Å². The minimum Gasteiger partial charge on any atom is -0.486 e. The quantitative estimate of drug-likeness (QED) is 0.639. The number of ether oxygens (including phenoxy) is 2. The first-order valence-corrected chi connectivity index (χ1v) is 10.1. The highest BCUT2D eigenvalue weighted by Gasteiger charge is 2.31. The Balaban J connectivity index is 1.34. The van der Waals surface area contributed by atoms with Crippen LogP contribution in [0.2, 0.25) is 0 Å². The standard InChI is InChI=1S/C22H20FN3O5/c23-16-6-3-14(4-7-16)21-24-26(22(28)31-21)13-20(27)25-9-1-2-17(25)15-5-8-18-19(12-15)30-11-10-29-18/h3-8,12,17H,1-2,9-11,13H2/t17-/m1/s1. The Morgan fingerprint density at radius 1 is 1.10 bits per heavy atom. The molecule has 3 heterocycles. The van der Waals surface area contributed by atoms with Crippen molar-refractivity contribution >= 4 is 5.91 Å². The van der Waals surface area contributed by atoms with Crippen LogP contribution in [0, 0.1) is 5.82 Å². The number of amides is 1. The smallest absolute Gasteiger partial charge is 0.437 e. The lowest BCUT2D eigenvalue weighted by atomic mass is 10.0. The summed E-state index contributed by atoms with van der Waals surface area (Å²) in [5.41, 5.74) is 1.43. The fourth-order valence-electron chi connectivity index (χ4n) is 4.01. The predicted octanol–water partition coefficient (Wildman–Crippen LogP) is 2.78. The zero-order valence-corrected chi connectivity index (χ0v) is 16.6. The molecule has 8 nitrogen and oxygen atoms in total. The van der Waals surface area contributed by atoms with Gasteiger partial charge in [-0.2, -0.15) is 4.68 Å². The Labute approximate surface area is 176 Å². The summed E-state index contributed by atoms with van der Waals surface area (Å²) in [5, 5.41) is 4.11. The van der Waals surface area contributed by atoms with Gasteiger partial charge in [0.15, 0.2) is 11.5 Å². The number of carbonyl (C=O) groups is 1. The number of likely N-dealkylation sites (tertiary alicyclic amines) is 1. The molecule has 0 radical (unpaired) electrons. The molecule has 2 aromatic carbocycles. The highest BCUT2D eigenvalue weighted by Crippen LogP contribution is 2.38. The van der Waals surface area contributed by atoms with E-state index < -0.39 is 11.6 Å². The molecule has 1 amide bonds. The van der Waals surface area contributed by atoms with Gasteiger partial charge in [0.25, 0.3) is 0 Å². The van der Waals surface area contributed by atoms with Crippen molar-refractivity contribution in [1.29, 1.82) is 0 Å². The summed E-state index contributed by atoms with van der Waals surface area (Å²) in [4.78, 5) is 27.0. The van der Waals surface area contributed by atoms with Gasteiger partial charge < -0.3 is 18.8 Å². The molecule has 31 heavy (non-hydrogen) atoms. The van der Waals surface area contributed by atoms with Gasteiger partial charge in [-0.15, -0.1) is 5.10 Å². The minimum atomic E-state index is -0.734. The Bertz CT molecular complexity index is 1170. The van der Waals surface area contributed by atoms with Gasteiger partial charge in [-0.3, -0.25) is 4.79 Å². The molecule has 1 saturated heterocycles. The summed E-state index contributed by atoms with van der Waals surface area (Å²) >= 11 is 0. The minimum absolute atomic E-state index is 0.0441. The summed E-state index contributed by atoms with van der Waals surface area (Å²) in [6.45, 7) is 1.38. The number of hydrogen-bond acceptors (Lipinski definition) is 6. The van der Waals surface area contributed by atoms with E-state index in [4.69, 9.17) is 13.9 Å². The van der Waals surface area contributed by atoms with Crippen molar-refractivity contribution in [2.24, 2.45) is 0 Å². The van der Waals surface area contributed by atoms with Gasteiger partial charge in [0.05, 0.1) is 6.04 Å². The van der Waals surface area contributed by atoms with Crippen LogP contribution >= 0.6 is 0 Å². The van der Waals surface area contributed by atoms with E-state index in [2.05, 4.69) is 5.10 Å². The topological polar surface area (TPSA) is 86.8 Å². The second-order valence-electron chi connectivity index (χ2n) is 7.49. The number of carbonyl (C=O) groups excluding carboxylic acids is 1. The Morgan fingerprint density at radius 3 is 2.68 bits per heavy atom. The van der Waals surface area contributed by atoms with E-state index in [1.807, 2.05) is 18.2 Å². The lowest BCUT2D eigenvalue weighted by Crippen LogP contribution is -2.35. The fourth-order valence-corrected chi connectivity index (χ4v) is 4.01. The fraction of sp³-hybridized carbons (Fsp3) is 0.318. The molecule has 0 spiro atoms. The van der Waals surface area contributed by atoms with E-state index in [-0.39, 0.29) is 24.4 Å². The first-order valence-electron chi connectivity index (χ1n) is 10.1. The zero-order chi connectivity index (χ0) is 21.4. The zero-order valence-electron chi connectivity index (χ0n) is 16.6. The SMILES string of the molecule is O=C(Cn1nc(-c2ccc(F)cc2)oc1=O)N1CCC[C@@H]1c1ccc2c(c1)OCCO2. The number of nitrogens with zero attached hydrogens (tertiary/aromatic N) is 3. The molecular weight excluding hydrogens is 405 g/mol. The maximum Gasteiger partial charge on any atom is 0.437 e. The average Bonchev–Trinajstić information content (AvgIpc) is 3.41. The highest BCUT2D eigenvalue weighted by atomic mass is 19.1. The molecule has 9 heteroatoms. The van der Waals surface area contributed by atoms with Crippen LogP contribution in [-0.4, -0.2) is 40.3 Å². The van der Waals surface area contributed by atoms with Gasteiger partial charge >= 0.3 is 5.76 Å². The molecule has 5 rings (SSSR count). The van der Waals surface area contributed by atoms with Gasteiger partial charge in [-0.25, -0.2) is 9.18 Å². The average molecular weight is 425 g/mol. The third-order valence-corrected chi connectivity index (χ3v) is 5.51. The number of benzene rings is 2. The maximum absolute atomic E-state index is 13.1. The lowest BCUT2D eigenvalue weighted by Gasteiger charge is -2.26. The maximum atomic E-state index is 13.1. The van der Waals surface area contributed by atoms with Crippen molar-refractivity contribution in [2.75, 3.05) is 19.8 Å². The van der Waals surface area contributed by atoms with E-state index in [0.29, 0.717) is 36.8 Å². The largest absolute Gasteiger partial charge is 0.486 e. The van der Waals surface area contributed by atoms with Crippen LogP contribution < -0.4 is 15.2 Å². The predicted molar refractivity (Wildman–Crippen MR) is 107 cm³/mol. The van der Waals surface area contributed by atoms with Crippen LogP contribution in [-0.2, 0) is 11.3 Å². The molecule has 0 saturated carbocycles. The van der Waals surface area contributed by atoms with Crippen LogP contribution in [0.1, 0.15) is 24.4 Å². The number of fused-ring (bicyclic) bond motifs is 1. The molecule has 1 aromatic heterocycles. The second kappa shape index (κ2) is 7.90. The van der Waals surface area contributed by atoms with Gasteiger partial charge in [0.2, 0.25) is 11.8 Å². The number of hydrogen-bond donors (Lipinski definition) is 0. The number of rotatable bonds is 4. The summed E-state index contributed by atoms with van der Waals surface area (Å²) in [7, 11) is 0. The van der Waals surface area contributed by atoms with Crippen LogP contribution in [0.3, 0.4) is 0 Å². The van der Waals surface area contributed by atoms with Gasteiger partial charge in [0.1, 0.15) is 25.6 Å². The summed E-state index contributed by atoms with van der Waals surface area (Å²) < 4.78 is 30.5. The molecule has 160 valence electrons. The second-order valence-corrected chi connectivity index (χ2v) is 7.49. The van der Waals surface area contributed by atoms with Crippen LogP contribution in [0.4, 0.5) is 4.39 Å². The Morgan fingerprint density at radius 2 is 1.87 bits per heavy atom. The van der Waals surface area contributed by atoms with Crippen molar-refractivity contribution in [2.45, 2.75) is 25.4 Å². The molecule has 0 aliphatic carbocycles. The molecule has 2 aliphatic rings. The van der Waals surface area contributed by atoms with Gasteiger partial charge in [0, 0.05) is 12.1 Å². The lowest BCUT2D eigenvalue weighted by molar-refractivity contribution is -0.133. The molecule has 0 unspecified atom stereocenters. The normalized spacial score (nSPS) is 17.7. The highest BCUT2D eigenvalue weighted by molar-refractivity contribution is 5.77. The van der Waals surface area contributed by atoms with Gasteiger partial charge in [-0.1, -0.05) is 6.07 Å². The first-order chi connectivity index (χ1) is 15.1. The third kappa shape index (κ3) is 3.78. The summed E-state index contributed by atoms with van der Waals surface area (Å²) in [6.07, 6.45) is 1.68. The third-order valence-electron chi connectivity index (χ3n) is 5.51. The van der Waals surface area contributed by atoms with Crippen LogP contribution in [0.15, 0.2) is 51.7 Å². The van der Waals surface area contributed by atoms with E-state index in [0.717, 1.165) is 23.1 Å². The number of halogens is 1. The van der Waals surface area contributed by atoms with Crippen LogP contribution in [0.25, 0.3) is 11.5 Å². The van der Waals surface area contributed by atoms with E-state index in [1.54, 1.807) is 4.90 Å². The Hall–Kier alpha value is -3.62. The molecule has 3 aromatic rings. The van der Waals surface area contributed by atoms with Gasteiger partial charge in [-0.05, 0) is 54.8 Å². The van der Waals surface area contributed by atoms with Crippen molar-refractivity contribution in [3.63, 3.8) is 0 Å². The molecule has 2 aliphatic heterocycles. The monoisotopic (exact) mass is 425 g/mol. The molecule has 0 bridgehead atoms. The van der Waals surface area contributed by atoms with Crippen molar-refractivity contribution in [3.05, 3.63) is 64.4 Å². The van der Waals surface area contributed by atoms with Crippen molar-refractivity contribution in [1.82, 2.24) is 14.7 Å². The van der Waals surface area contributed by atoms with Crippen molar-refractivity contribution < 1.29 is 23.1 Å². The first kappa shape index (κ1) is 19.3.